The van der Waals surface area contributed by atoms with E-state index in [-0.39, 0.29) is 37.3 Å². The van der Waals surface area contributed by atoms with E-state index in [9.17, 15) is 9.59 Å². The molecule has 1 rings (SSSR count). The summed E-state index contributed by atoms with van der Waals surface area (Å²) in [5, 5.41) is 5.58. The fourth-order valence-electron chi connectivity index (χ4n) is 1.20. The summed E-state index contributed by atoms with van der Waals surface area (Å²) in [7, 11) is 0. The van der Waals surface area contributed by atoms with Gasteiger partial charge in [-0.25, -0.2) is 0 Å². The van der Waals surface area contributed by atoms with Crippen LogP contribution >= 0.6 is 35.8 Å². The highest BCUT2D eigenvalue weighted by atomic mass is 35.5. The fraction of sp³-hybridized carbons (Fsp3) is 0.273. The van der Waals surface area contributed by atoms with E-state index in [2.05, 4.69) is 10.6 Å². The summed E-state index contributed by atoms with van der Waals surface area (Å²) < 4.78 is 0. The Morgan fingerprint density at radius 1 is 1.37 bits per heavy atom. The molecule has 8 heteroatoms. The number of benzene rings is 1. The Labute approximate surface area is 127 Å². The second-order valence-electron chi connectivity index (χ2n) is 3.38. The normalized spacial score (nSPS) is 9.42. The molecule has 0 bridgehead atoms. The maximum absolute atomic E-state index is 11.5. The first-order valence-corrected chi connectivity index (χ1v) is 6.77. The number of hydrogen-bond acceptors (Lipinski definition) is 4. The fourth-order valence-corrected chi connectivity index (χ4v) is 2.07. The molecule has 0 saturated heterocycles. The maximum Gasteiger partial charge on any atom is 0.243 e. The Balaban J connectivity index is 0.00000324. The molecule has 106 valence electrons. The number of rotatable bonds is 5. The van der Waals surface area contributed by atoms with E-state index >= 15 is 0 Å². The summed E-state index contributed by atoms with van der Waals surface area (Å²) in [4.78, 5) is 23.3. The lowest BCUT2D eigenvalue weighted by atomic mass is 10.3. The molecule has 0 aromatic heterocycles. The predicted molar refractivity (Wildman–Crippen MR) is 81.2 cm³/mol. The van der Waals surface area contributed by atoms with E-state index in [1.807, 2.05) is 12.3 Å². The molecule has 2 amide bonds. The molecular weight excluding hydrogens is 309 g/mol. The number of nitrogens with two attached hydrogens (primary N) is 1. The predicted octanol–water partition coefficient (Wildman–Crippen LogP) is 1.50. The Morgan fingerprint density at radius 3 is 2.58 bits per heavy atom. The highest BCUT2D eigenvalue weighted by Gasteiger charge is 2.06. The van der Waals surface area contributed by atoms with Gasteiger partial charge in [-0.2, -0.15) is 0 Å². The van der Waals surface area contributed by atoms with Crippen molar-refractivity contribution in [1.82, 2.24) is 5.32 Å². The van der Waals surface area contributed by atoms with Gasteiger partial charge in [0.2, 0.25) is 11.8 Å². The van der Waals surface area contributed by atoms with Crippen LogP contribution in [0.5, 0.6) is 0 Å². The van der Waals surface area contributed by atoms with Gasteiger partial charge in [0.25, 0.3) is 0 Å². The minimum Gasteiger partial charge on any atom is -0.346 e. The molecule has 0 unspecified atom stereocenters. The van der Waals surface area contributed by atoms with Crippen molar-refractivity contribution in [2.24, 2.45) is 5.73 Å². The van der Waals surface area contributed by atoms with Crippen molar-refractivity contribution in [3.8, 4) is 0 Å². The molecule has 0 aliphatic rings. The van der Waals surface area contributed by atoms with Crippen LogP contribution in [0.2, 0.25) is 5.02 Å². The lowest BCUT2D eigenvalue weighted by Gasteiger charge is -2.08. The third-order valence-electron chi connectivity index (χ3n) is 2.07. The van der Waals surface area contributed by atoms with Crippen molar-refractivity contribution in [2.75, 3.05) is 24.7 Å². The van der Waals surface area contributed by atoms with E-state index in [0.717, 1.165) is 4.90 Å². The third-order valence-corrected chi connectivity index (χ3v) is 3.29. The summed E-state index contributed by atoms with van der Waals surface area (Å²) in [5.41, 5.74) is 5.69. The molecule has 0 fully saturated rings. The minimum absolute atomic E-state index is 0. The standard InChI is InChI=1S/C11H14ClN3O2S.ClH/c1-18-9-3-2-7(4-8(9)12)15-11(17)6-14-10(16)5-13;/h2-4H,5-6,13H2,1H3,(H,14,16)(H,15,17);1H. The van der Waals surface area contributed by atoms with Gasteiger partial charge in [-0.3, -0.25) is 9.59 Å². The van der Waals surface area contributed by atoms with Gasteiger partial charge in [0.1, 0.15) is 0 Å². The Hall–Kier alpha value is -0.950. The second kappa shape index (κ2) is 9.03. The van der Waals surface area contributed by atoms with Gasteiger partial charge >= 0.3 is 0 Å². The number of nitrogens with one attached hydrogen (secondary N) is 2. The van der Waals surface area contributed by atoms with Crippen LogP contribution in [0, 0.1) is 0 Å². The smallest absolute Gasteiger partial charge is 0.243 e. The number of hydrogen-bond donors (Lipinski definition) is 3. The molecule has 0 aliphatic heterocycles. The first-order valence-electron chi connectivity index (χ1n) is 5.17. The number of thioether (sulfide) groups is 1. The summed E-state index contributed by atoms with van der Waals surface area (Å²) in [5.74, 6) is -0.703. The van der Waals surface area contributed by atoms with Crippen molar-refractivity contribution < 1.29 is 9.59 Å². The lowest BCUT2D eigenvalue weighted by molar-refractivity contribution is -0.123. The van der Waals surface area contributed by atoms with Crippen LogP contribution in [-0.4, -0.2) is 31.2 Å². The number of carbonyl (C=O) groups is 2. The molecule has 4 N–H and O–H groups in total. The van der Waals surface area contributed by atoms with Crippen LogP contribution in [0.1, 0.15) is 0 Å². The lowest BCUT2D eigenvalue weighted by Crippen LogP contribution is -2.36. The van der Waals surface area contributed by atoms with Gasteiger partial charge in [-0.1, -0.05) is 11.6 Å². The molecule has 5 nitrogen and oxygen atoms in total. The minimum atomic E-state index is -0.374. The Kier molecular flexibility index (Phi) is 8.58. The second-order valence-corrected chi connectivity index (χ2v) is 4.63. The van der Waals surface area contributed by atoms with Gasteiger partial charge in [-0.15, -0.1) is 24.2 Å². The van der Waals surface area contributed by atoms with Gasteiger partial charge in [0.05, 0.1) is 18.1 Å². The molecule has 19 heavy (non-hydrogen) atoms. The molecule has 0 spiro atoms. The number of amides is 2. The topological polar surface area (TPSA) is 84.2 Å². The molecule has 0 aliphatic carbocycles. The van der Waals surface area contributed by atoms with Crippen LogP contribution in [0.3, 0.4) is 0 Å². The van der Waals surface area contributed by atoms with Crippen molar-refractivity contribution in [1.29, 1.82) is 0 Å². The zero-order valence-electron chi connectivity index (χ0n) is 10.2. The Morgan fingerprint density at radius 2 is 2.05 bits per heavy atom. The van der Waals surface area contributed by atoms with E-state index in [4.69, 9.17) is 17.3 Å². The Bertz CT molecular complexity index is 458. The maximum atomic E-state index is 11.5. The number of halogens is 2. The molecular formula is C11H15Cl2N3O2S. The van der Waals surface area contributed by atoms with Gasteiger partial charge in [0.15, 0.2) is 0 Å². The first-order chi connectivity index (χ1) is 8.56. The van der Waals surface area contributed by atoms with Crippen molar-refractivity contribution in [3.05, 3.63) is 23.2 Å². The number of carbonyl (C=O) groups excluding carboxylic acids is 2. The van der Waals surface area contributed by atoms with E-state index in [0.29, 0.717) is 10.7 Å². The molecule has 1 aromatic carbocycles. The van der Waals surface area contributed by atoms with E-state index in [1.165, 1.54) is 11.8 Å². The molecule has 0 radical (unpaired) electrons. The van der Waals surface area contributed by atoms with Crippen LogP contribution in [0.15, 0.2) is 23.1 Å². The van der Waals surface area contributed by atoms with Crippen LogP contribution in [0.25, 0.3) is 0 Å². The SMILES string of the molecule is CSc1ccc(NC(=O)CNC(=O)CN)cc1Cl.Cl. The van der Waals surface area contributed by atoms with Crippen LogP contribution in [-0.2, 0) is 9.59 Å². The zero-order chi connectivity index (χ0) is 13.5. The number of anilines is 1. The van der Waals surface area contributed by atoms with Gasteiger partial charge in [0, 0.05) is 10.6 Å². The average Bonchev–Trinajstić information content (AvgIpc) is 2.36. The molecule has 0 saturated carbocycles. The summed E-state index contributed by atoms with van der Waals surface area (Å²) in [6, 6.07) is 5.23. The summed E-state index contributed by atoms with van der Waals surface area (Å²) in [6.07, 6.45) is 1.92. The summed E-state index contributed by atoms with van der Waals surface area (Å²) in [6.45, 7) is -0.251. The van der Waals surface area contributed by atoms with Crippen molar-refractivity contribution in [3.63, 3.8) is 0 Å². The summed E-state index contributed by atoms with van der Waals surface area (Å²) >= 11 is 7.53. The van der Waals surface area contributed by atoms with E-state index in [1.54, 1.807) is 12.1 Å². The quantitative estimate of drug-likeness (QED) is 0.717. The van der Waals surface area contributed by atoms with Crippen LogP contribution in [0.4, 0.5) is 5.69 Å². The largest absolute Gasteiger partial charge is 0.346 e. The zero-order valence-corrected chi connectivity index (χ0v) is 12.6. The molecule has 0 atom stereocenters. The third kappa shape index (κ3) is 6.15. The van der Waals surface area contributed by atoms with E-state index < -0.39 is 0 Å². The van der Waals surface area contributed by atoms with Crippen LogP contribution < -0.4 is 16.4 Å². The molecule has 1 aromatic rings. The average molecular weight is 324 g/mol. The highest BCUT2D eigenvalue weighted by Crippen LogP contribution is 2.27. The first kappa shape index (κ1) is 18.0. The van der Waals surface area contributed by atoms with Gasteiger partial charge in [-0.05, 0) is 24.5 Å². The van der Waals surface area contributed by atoms with Gasteiger partial charge < -0.3 is 16.4 Å². The highest BCUT2D eigenvalue weighted by molar-refractivity contribution is 7.98. The van der Waals surface area contributed by atoms with Crippen molar-refractivity contribution >= 4 is 53.3 Å². The van der Waals surface area contributed by atoms with Crippen molar-refractivity contribution in [2.45, 2.75) is 4.90 Å². The monoisotopic (exact) mass is 323 g/mol. The molecule has 0 heterocycles.